The fourth-order valence-corrected chi connectivity index (χ4v) is 2.22. The number of rotatable bonds is 1. The number of aryl methyl sites for hydroxylation is 1. The van der Waals surface area contributed by atoms with Crippen molar-refractivity contribution in [1.29, 1.82) is 0 Å². The Kier molecular flexibility index (Phi) is 2.77. The summed E-state index contributed by atoms with van der Waals surface area (Å²) in [6.07, 6.45) is 1.81. The molecule has 2 aromatic carbocycles. The molecule has 18 heavy (non-hydrogen) atoms. The third-order valence-electron chi connectivity index (χ3n) is 2.92. The van der Waals surface area contributed by atoms with Crippen molar-refractivity contribution >= 4 is 22.5 Å². The van der Waals surface area contributed by atoms with Crippen LogP contribution < -0.4 is 0 Å². The minimum Gasteiger partial charge on any atom is -0.256 e. The zero-order valence-corrected chi connectivity index (χ0v) is 10.7. The third-order valence-corrected chi connectivity index (χ3v) is 3.17. The number of aromatic nitrogens is 1. The average molecular weight is 253 g/mol. The molecule has 3 aromatic rings. The van der Waals surface area contributed by atoms with Gasteiger partial charge >= 0.3 is 0 Å². The molecule has 2 heteroatoms. The average Bonchev–Trinajstić information content (AvgIpc) is 2.38. The predicted octanol–water partition coefficient (Wildman–Crippen LogP) is 4.66. The maximum Gasteiger partial charge on any atom is 0.0711 e. The van der Waals surface area contributed by atoms with Crippen LogP contribution in [0.4, 0.5) is 0 Å². The zero-order chi connectivity index (χ0) is 12.5. The molecule has 0 aliphatic heterocycles. The molecule has 0 atom stereocenters. The van der Waals surface area contributed by atoms with E-state index in [0.29, 0.717) is 0 Å². The highest BCUT2D eigenvalue weighted by molar-refractivity contribution is 6.30. The minimum atomic E-state index is 0.744. The van der Waals surface area contributed by atoms with Crippen molar-refractivity contribution in [2.75, 3.05) is 0 Å². The first-order valence-corrected chi connectivity index (χ1v) is 6.15. The van der Waals surface area contributed by atoms with E-state index in [1.54, 1.807) is 0 Å². The monoisotopic (exact) mass is 252 g/mol. The molecule has 0 unspecified atom stereocenters. The molecule has 0 aliphatic rings. The van der Waals surface area contributed by atoms with E-state index in [9.17, 15) is 0 Å². The Morgan fingerprint density at radius 1 is 1.11 bits per heavy atom. The van der Waals surface area contributed by atoms with E-state index in [-0.39, 0.29) is 0 Å². The summed E-state index contributed by atoms with van der Waals surface area (Å²) in [7, 11) is 0. The number of hydrogen-bond acceptors (Lipinski definition) is 1. The molecule has 0 spiro atoms. The highest BCUT2D eigenvalue weighted by Crippen LogP contribution is 2.29. The molecule has 1 radical (unpaired) electrons. The second-order valence-electron chi connectivity index (χ2n) is 4.27. The van der Waals surface area contributed by atoms with Gasteiger partial charge in [0.15, 0.2) is 0 Å². The van der Waals surface area contributed by atoms with E-state index < -0.39 is 0 Å². The van der Waals surface area contributed by atoms with Crippen LogP contribution in [0.25, 0.3) is 22.0 Å². The van der Waals surface area contributed by atoms with Crippen LogP contribution >= 0.6 is 11.6 Å². The first-order chi connectivity index (χ1) is 8.74. The quantitative estimate of drug-likeness (QED) is 0.614. The van der Waals surface area contributed by atoms with Crippen LogP contribution in [0.15, 0.2) is 48.7 Å². The molecule has 1 heterocycles. The van der Waals surface area contributed by atoms with Gasteiger partial charge in [0.2, 0.25) is 0 Å². The van der Waals surface area contributed by atoms with Crippen molar-refractivity contribution < 1.29 is 0 Å². The van der Waals surface area contributed by atoms with Gasteiger partial charge in [-0.3, -0.25) is 4.98 Å². The van der Waals surface area contributed by atoms with Crippen molar-refractivity contribution in [3.05, 3.63) is 65.3 Å². The number of hydrogen-bond donors (Lipinski definition) is 0. The minimum absolute atomic E-state index is 0.744. The number of benzene rings is 2. The Morgan fingerprint density at radius 2 is 1.89 bits per heavy atom. The number of nitrogens with zero attached hydrogens (tertiary/aromatic N) is 1. The predicted molar refractivity (Wildman–Crippen MR) is 75.8 cm³/mol. The van der Waals surface area contributed by atoms with Gasteiger partial charge in [-0.25, -0.2) is 0 Å². The van der Waals surface area contributed by atoms with E-state index in [1.165, 1.54) is 0 Å². The lowest BCUT2D eigenvalue weighted by atomic mass is 9.98. The number of fused-ring (bicyclic) bond motifs is 1. The van der Waals surface area contributed by atoms with Gasteiger partial charge in [-0.15, -0.1) is 0 Å². The normalized spacial score (nSPS) is 10.8. The van der Waals surface area contributed by atoms with Crippen LogP contribution in [0.1, 0.15) is 5.56 Å². The molecule has 0 saturated heterocycles. The molecule has 3 rings (SSSR count). The van der Waals surface area contributed by atoms with Gasteiger partial charge in [-0.2, -0.15) is 0 Å². The van der Waals surface area contributed by atoms with Crippen molar-refractivity contribution in [2.45, 2.75) is 6.92 Å². The van der Waals surface area contributed by atoms with E-state index in [2.05, 4.69) is 23.2 Å². The highest BCUT2D eigenvalue weighted by atomic mass is 35.5. The molecule has 0 aliphatic carbocycles. The van der Waals surface area contributed by atoms with Crippen LogP contribution in [0, 0.1) is 13.0 Å². The molecule has 87 valence electrons. The molecule has 1 nitrogen and oxygen atoms in total. The molecular formula is C16H11ClN. The third kappa shape index (κ3) is 1.98. The van der Waals surface area contributed by atoms with Crippen molar-refractivity contribution in [2.24, 2.45) is 0 Å². The van der Waals surface area contributed by atoms with Crippen LogP contribution in [-0.4, -0.2) is 4.98 Å². The van der Waals surface area contributed by atoms with Crippen LogP contribution in [0.3, 0.4) is 0 Å². The summed E-state index contributed by atoms with van der Waals surface area (Å²) in [6.45, 7) is 2.04. The topological polar surface area (TPSA) is 12.9 Å². The molecule has 0 bridgehead atoms. The molecule has 1 aromatic heterocycles. The summed E-state index contributed by atoms with van der Waals surface area (Å²) in [6, 6.07) is 17.3. The van der Waals surface area contributed by atoms with Gasteiger partial charge in [0.1, 0.15) is 0 Å². The van der Waals surface area contributed by atoms with Crippen molar-refractivity contribution in [3.63, 3.8) is 0 Å². The second kappa shape index (κ2) is 4.43. The highest BCUT2D eigenvalue weighted by Gasteiger charge is 2.06. The Labute approximate surface area is 111 Å². The fraction of sp³-hybridized carbons (Fsp3) is 0.0625. The Hall–Kier alpha value is -1.86. The summed E-state index contributed by atoms with van der Waals surface area (Å²) in [4.78, 5) is 4.40. The maximum absolute atomic E-state index is 5.93. The Bertz CT molecular complexity index is 702. The van der Waals surface area contributed by atoms with Gasteiger partial charge in [0.05, 0.1) is 5.52 Å². The summed E-state index contributed by atoms with van der Waals surface area (Å²) in [5, 5.41) is 1.86. The summed E-state index contributed by atoms with van der Waals surface area (Å²) < 4.78 is 0. The SMILES string of the molecule is Cc1[c]c(-c2ccc(Cl)cc2)c2cccnc2c1. The molecule has 0 N–H and O–H groups in total. The number of pyridine rings is 1. The number of halogens is 1. The van der Waals surface area contributed by atoms with Crippen LogP contribution in [0.2, 0.25) is 5.02 Å². The lowest BCUT2D eigenvalue weighted by molar-refractivity contribution is 1.38. The Morgan fingerprint density at radius 3 is 2.67 bits per heavy atom. The van der Waals surface area contributed by atoms with Gasteiger partial charge in [-0.05, 0) is 53.9 Å². The Balaban J connectivity index is 2.31. The molecular weight excluding hydrogens is 242 g/mol. The standard InChI is InChI=1S/C16H11ClN/c1-11-9-15(12-4-6-13(17)7-5-12)14-3-2-8-18-16(14)10-11/h2-8,10H,1H3. The smallest absolute Gasteiger partial charge is 0.0711 e. The molecule has 0 saturated carbocycles. The molecule has 0 amide bonds. The lowest BCUT2D eigenvalue weighted by Crippen LogP contribution is -1.86. The van der Waals surface area contributed by atoms with Crippen LogP contribution in [0.5, 0.6) is 0 Å². The summed E-state index contributed by atoms with van der Waals surface area (Å²) >= 11 is 5.93. The van der Waals surface area contributed by atoms with Crippen LogP contribution in [-0.2, 0) is 0 Å². The fourth-order valence-electron chi connectivity index (χ4n) is 2.09. The summed E-state index contributed by atoms with van der Waals surface area (Å²) in [5.74, 6) is 0. The van der Waals surface area contributed by atoms with Gasteiger partial charge < -0.3 is 0 Å². The van der Waals surface area contributed by atoms with Gasteiger partial charge in [0, 0.05) is 16.6 Å². The lowest BCUT2D eigenvalue weighted by Gasteiger charge is -2.07. The second-order valence-corrected chi connectivity index (χ2v) is 4.71. The van der Waals surface area contributed by atoms with E-state index >= 15 is 0 Å². The van der Waals surface area contributed by atoms with E-state index in [1.807, 2.05) is 43.5 Å². The van der Waals surface area contributed by atoms with Crippen molar-refractivity contribution in [3.8, 4) is 11.1 Å². The zero-order valence-electron chi connectivity index (χ0n) is 9.94. The van der Waals surface area contributed by atoms with E-state index in [4.69, 9.17) is 11.6 Å². The first-order valence-electron chi connectivity index (χ1n) is 5.77. The largest absolute Gasteiger partial charge is 0.256 e. The van der Waals surface area contributed by atoms with Gasteiger partial charge in [0.25, 0.3) is 0 Å². The first kappa shape index (κ1) is 11.2. The van der Waals surface area contributed by atoms with Gasteiger partial charge in [-0.1, -0.05) is 29.8 Å². The maximum atomic E-state index is 5.93. The van der Waals surface area contributed by atoms with E-state index in [0.717, 1.165) is 32.6 Å². The summed E-state index contributed by atoms with van der Waals surface area (Å²) in [5.41, 5.74) is 4.28. The van der Waals surface area contributed by atoms with Crippen molar-refractivity contribution in [1.82, 2.24) is 4.98 Å². The molecule has 0 fully saturated rings.